The zero-order chi connectivity index (χ0) is 26.4. The van der Waals surface area contributed by atoms with Gasteiger partial charge in [-0.15, -0.1) is 0 Å². The van der Waals surface area contributed by atoms with E-state index in [0.29, 0.717) is 30.2 Å². The molecule has 0 saturated carbocycles. The summed E-state index contributed by atoms with van der Waals surface area (Å²) in [5.74, 6) is 1.57. The van der Waals surface area contributed by atoms with Gasteiger partial charge in [0, 0.05) is 36.6 Å². The second-order valence-corrected chi connectivity index (χ2v) is 11.4. The molecule has 1 aliphatic rings. The van der Waals surface area contributed by atoms with Crippen LogP contribution < -0.4 is 10.0 Å². The van der Waals surface area contributed by atoms with E-state index in [1.807, 2.05) is 49.4 Å². The maximum Gasteiger partial charge on any atom is 0.233 e. The van der Waals surface area contributed by atoms with Gasteiger partial charge in [0.1, 0.15) is 11.5 Å². The monoisotopic (exact) mass is 529 g/mol. The maximum absolute atomic E-state index is 12.6. The molecule has 4 heterocycles. The molecule has 10 heteroatoms. The van der Waals surface area contributed by atoms with Crippen LogP contribution in [0.25, 0.3) is 11.5 Å². The molecule has 0 bridgehead atoms. The zero-order valence-electron chi connectivity index (χ0n) is 21.3. The molecule has 0 spiro atoms. The van der Waals surface area contributed by atoms with Gasteiger partial charge >= 0.3 is 0 Å². The highest BCUT2D eigenvalue weighted by atomic mass is 32.2. The van der Waals surface area contributed by atoms with E-state index in [-0.39, 0.29) is 11.7 Å². The van der Waals surface area contributed by atoms with E-state index in [4.69, 9.17) is 4.98 Å². The molecule has 1 aliphatic heterocycles. The second kappa shape index (κ2) is 11.7. The number of nitrogens with zero attached hydrogens (tertiary/aromatic N) is 5. The first kappa shape index (κ1) is 25.9. The molecule has 5 rings (SSSR count). The van der Waals surface area contributed by atoms with Crippen molar-refractivity contribution in [1.29, 1.82) is 0 Å². The van der Waals surface area contributed by atoms with Crippen molar-refractivity contribution in [2.24, 2.45) is 5.92 Å². The van der Waals surface area contributed by atoms with Crippen LogP contribution >= 0.6 is 0 Å². The minimum atomic E-state index is -3.39. The van der Waals surface area contributed by atoms with E-state index in [2.05, 4.69) is 30.0 Å². The third-order valence-corrected chi connectivity index (χ3v) is 7.86. The fourth-order valence-electron chi connectivity index (χ4n) is 4.57. The summed E-state index contributed by atoms with van der Waals surface area (Å²) in [6.07, 6.45) is 6.54. The topological polar surface area (TPSA) is 123 Å². The molecule has 1 atom stereocenters. The predicted molar refractivity (Wildman–Crippen MR) is 147 cm³/mol. The highest BCUT2D eigenvalue weighted by molar-refractivity contribution is 7.92. The Morgan fingerprint density at radius 2 is 1.71 bits per heavy atom. The number of rotatable bonds is 9. The van der Waals surface area contributed by atoms with Crippen LogP contribution in [0.3, 0.4) is 0 Å². The highest BCUT2D eigenvalue weighted by Crippen LogP contribution is 2.18. The minimum absolute atomic E-state index is 0.137. The Bertz CT molecular complexity index is 1490. The van der Waals surface area contributed by atoms with Crippen molar-refractivity contribution >= 4 is 15.7 Å². The molecule has 1 unspecified atom stereocenters. The number of nitrogens with one attached hydrogen (secondary N) is 2. The number of hydrogen-bond donors (Lipinski definition) is 2. The number of anilines is 1. The van der Waals surface area contributed by atoms with Crippen molar-refractivity contribution in [3.63, 3.8) is 0 Å². The van der Waals surface area contributed by atoms with Crippen molar-refractivity contribution in [2.45, 2.75) is 32.6 Å². The average molecular weight is 530 g/mol. The van der Waals surface area contributed by atoms with E-state index in [9.17, 15) is 8.42 Å². The minimum Gasteiger partial charge on any atom is -0.316 e. The van der Waals surface area contributed by atoms with E-state index >= 15 is 0 Å². The number of pyridine rings is 1. The van der Waals surface area contributed by atoms with Crippen LogP contribution in [0, 0.1) is 12.8 Å². The largest absolute Gasteiger partial charge is 0.316 e. The van der Waals surface area contributed by atoms with Gasteiger partial charge in [-0.3, -0.25) is 4.72 Å². The lowest BCUT2D eigenvalue weighted by Crippen LogP contribution is -2.35. The Labute approximate surface area is 223 Å². The number of sulfonamides is 1. The van der Waals surface area contributed by atoms with Crippen LogP contribution in [-0.2, 0) is 22.9 Å². The van der Waals surface area contributed by atoms with Crippen LogP contribution in [0.1, 0.15) is 41.3 Å². The summed E-state index contributed by atoms with van der Waals surface area (Å²) in [5.41, 5.74) is 4.93. The van der Waals surface area contributed by atoms with Crippen molar-refractivity contribution in [1.82, 2.24) is 30.2 Å². The molecule has 196 valence electrons. The summed E-state index contributed by atoms with van der Waals surface area (Å²) in [6, 6.07) is 16.9. The number of aromatic nitrogens is 5. The normalized spacial score (nSPS) is 15.8. The van der Waals surface area contributed by atoms with Crippen LogP contribution in [0.2, 0.25) is 0 Å². The average Bonchev–Trinajstić information content (AvgIpc) is 2.90. The first-order valence-electron chi connectivity index (χ1n) is 12.8. The van der Waals surface area contributed by atoms with Gasteiger partial charge in [-0.2, -0.15) is 0 Å². The summed E-state index contributed by atoms with van der Waals surface area (Å²) in [6.45, 7) is 3.66. The van der Waals surface area contributed by atoms with E-state index < -0.39 is 10.0 Å². The Kier molecular flexibility index (Phi) is 8.00. The third-order valence-electron chi connectivity index (χ3n) is 6.40. The molecule has 1 fully saturated rings. The lowest BCUT2D eigenvalue weighted by Gasteiger charge is -2.22. The van der Waals surface area contributed by atoms with Crippen LogP contribution in [0.15, 0.2) is 67.0 Å². The predicted octanol–water partition coefficient (Wildman–Crippen LogP) is 3.56. The fourth-order valence-corrected chi connectivity index (χ4v) is 6.05. The molecule has 0 aliphatic carbocycles. The quantitative estimate of drug-likeness (QED) is 0.337. The molecule has 9 nitrogen and oxygen atoms in total. The van der Waals surface area contributed by atoms with Crippen molar-refractivity contribution in [3.05, 3.63) is 95.5 Å². The molecular weight excluding hydrogens is 498 g/mol. The fraction of sp³-hybridized carbons (Fsp3) is 0.321. The first-order valence-corrected chi connectivity index (χ1v) is 14.4. The summed E-state index contributed by atoms with van der Waals surface area (Å²) in [4.78, 5) is 22.7. The molecular formula is C28H31N7O2S. The second-order valence-electron chi connectivity index (χ2n) is 9.65. The summed E-state index contributed by atoms with van der Waals surface area (Å²) < 4.78 is 27.9. The van der Waals surface area contributed by atoms with Crippen LogP contribution in [0.4, 0.5) is 5.69 Å². The van der Waals surface area contributed by atoms with E-state index in [0.717, 1.165) is 54.3 Å². The molecule has 1 saturated heterocycles. The van der Waals surface area contributed by atoms with Gasteiger partial charge in [-0.05, 0) is 80.7 Å². The standard InChI is InChI=1S/C28H31N7O2S/c1-20-4-2-6-26(32-20)28-31-15-12-25(34-28)17-24-11-14-30-27(33-24)16-21-7-9-23(10-8-21)35-38(36,37)19-22-5-3-13-29-18-22/h2,4,6-12,14-15,22,29,35H,3,5,13,16-19H2,1H3. The van der Waals surface area contributed by atoms with Crippen molar-refractivity contribution in [3.8, 4) is 11.5 Å². The SMILES string of the molecule is Cc1cccc(-c2nccc(Cc3ccnc(Cc4ccc(NS(=O)(=O)CC5CCCNC5)cc4)n3)n2)n1. The molecule has 3 aromatic heterocycles. The van der Waals surface area contributed by atoms with Gasteiger partial charge in [-0.1, -0.05) is 18.2 Å². The van der Waals surface area contributed by atoms with Crippen molar-refractivity contribution < 1.29 is 8.42 Å². The Hall–Kier alpha value is -3.76. The zero-order valence-corrected chi connectivity index (χ0v) is 22.2. The summed E-state index contributed by atoms with van der Waals surface area (Å²) in [7, 11) is -3.39. The Morgan fingerprint density at radius 1 is 0.921 bits per heavy atom. The molecule has 0 radical (unpaired) electrons. The van der Waals surface area contributed by atoms with Crippen molar-refractivity contribution in [2.75, 3.05) is 23.6 Å². The summed E-state index contributed by atoms with van der Waals surface area (Å²) in [5, 5.41) is 3.27. The molecule has 0 amide bonds. The maximum atomic E-state index is 12.6. The summed E-state index contributed by atoms with van der Waals surface area (Å²) >= 11 is 0. The molecule has 4 aromatic rings. The third kappa shape index (κ3) is 7.17. The molecule has 1 aromatic carbocycles. The van der Waals surface area contributed by atoms with Crippen LogP contribution in [0.5, 0.6) is 0 Å². The van der Waals surface area contributed by atoms with Gasteiger partial charge in [-0.25, -0.2) is 33.3 Å². The van der Waals surface area contributed by atoms with E-state index in [1.54, 1.807) is 24.5 Å². The van der Waals surface area contributed by atoms with E-state index in [1.165, 1.54) is 0 Å². The highest BCUT2D eigenvalue weighted by Gasteiger charge is 2.21. The number of piperidine rings is 1. The van der Waals surface area contributed by atoms with Gasteiger partial charge in [0.25, 0.3) is 0 Å². The van der Waals surface area contributed by atoms with Gasteiger partial charge in [0.2, 0.25) is 10.0 Å². The van der Waals surface area contributed by atoms with Gasteiger partial charge < -0.3 is 5.32 Å². The van der Waals surface area contributed by atoms with Gasteiger partial charge in [0.15, 0.2) is 5.82 Å². The molecule has 2 N–H and O–H groups in total. The van der Waals surface area contributed by atoms with Gasteiger partial charge in [0.05, 0.1) is 17.1 Å². The Balaban J connectivity index is 1.21. The first-order chi connectivity index (χ1) is 18.4. The number of benzene rings is 1. The smallest absolute Gasteiger partial charge is 0.233 e. The van der Waals surface area contributed by atoms with Crippen LogP contribution in [-0.4, -0.2) is 52.2 Å². The Morgan fingerprint density at radius 3 is 2.47 bits per heavy atom. The lowest BCUT2D eigenvalue weighted by atomic mass is 10.0. The number of hydrogen-bond acceptors (Lipinski definition) is 8. The molecule has 38 heavy (non-hydrogen) atoms. The lowest BCUT2D eigenvalue weighted by molar-refractivity contribution is 0.404. The number of aryl methyl sites for hydroxylation is 1.